The number of ether oxygens (including phenoxy) is 1. The molecule has 2 aromatic heterocycles. The molecular formula is C15H19F3N4O2. The Balaban J connectivity index is 2.25. The number of rotatable bonds is 6. The summed E-state index contributed by atoms with van der Waals surface area (Å²) in [6.07, 6.45) is -2.83. The Morgan fingerprint density at radius 1 is 1.42 bits per heavy atom. The molecule has 1 N–H and O–H groups in total. The van der Waals surface area contributed by atoms with E-state index in [1.807, 2.05) is 6.92 Å². The van der Waals surface area contributed by atoms with Crippen molar-refractivity contribution < 1.29 is 22.7 Å². The number of fused-ring (bicyclic) bond motifs is 1. The van der Waals surface area contributed by atoms with Crippen molar-refractivity contribution in [1.82, 2.24) is 20.1 Å². The van der Waals surface area contributed by atoms with Gasteiger partial charge in [-0.2, -0.15) is 23.3 Å². The van der Waals surface area contributed by atoms with Gasteiger partial charge >= 0.3 is 6.18 Å². The number of amides is 1. The Kier molecular flexibility index (Phi) is 5.30. The van der Waals surface area contributed by atoms with Gasteiger partial charge in [0, 0.05) is 19.7 Å². The van der Waals surface area contributed by atoms with Crippen LogP contribution in [0.4, 0.5) is 13.2 Å². The Bertz CT molecular complexity index is 740. The molecule has 0 aliphatic heterocycles. The summed E-state index contributed by atoms with van der Waals surface area (Å²) in [6.45, 7) is 3.58. The highest BCUT2D eigenvalue weighted by atomic mass is 19.4. The van der Waals surface area contributed by atoms with Gasteiger partial charge < -0.3 is 10.1 Å². The number of hydrogen-bond acceptors (Lipinski definition) is 4. The number of unbranched alkanes of at least 4 members (excludes halogenated alkanes) is 1. The predicted molar refractivity (Wildman–Crippen MR) is 81.7 cm³/mol. The van der Waals surface area contributed by atoms with E-state index in [1.54, 1.807) is 0 Å². The number of nitrogens with one attached hydrogen (secondary N) is 1. The maximum absolute atomic E-state index is 13.3. The van der Waals surface area contributed by atoms with Gasteiger partial charge in [-0.1, -0.05) is 13.3 Å². The Hall–Kier alpha value is -2.32. The van der Waals surface area contributed by atoms with Crippen molar-refractivity contribution in [3.63, 3.8) is 0 Å². The van der Waals surface area contributed by atoms with Gasteiger partial charge in [0.25, 0.3) is 5.91 Å². The second-order valence-corrected chi connectivity index (χ2v) is 5.41. The Morgan fingerprint density at radius 2 is 2.12 bits per heavy atom. The van der Waals surface area contributed by atoms with Gasteiger partial charge in [0.2, 0.25) is 5.88 Å². The number of halogens is 3. The highest BCUT2D eigenvalue weighted by molar-refractivity contribution is 5.83. The Labute approximate surface area is 137 Å². The zero-order chi connectivity index (χ0) is 17.9. The summed E-state index contributed by atoms with van der Waals surface area (Å²) in [6, 6.07) is 0.802. The number of alkyl halides is 3. The number of aryl methyl sites for hydroxylation is 2. The molecule has 9 heteroatoms. The standard InChI is InChI=1S/C15H19F3N4O2/c1-4-5-6-19-11(23)8-24-12-7-10(15(16,17)18)13-9(2)21-22(3)14(13)20-12/h7H,4-6,8H2,1-3H3,(H,19,23). The second kappa shape index (κ2) is 7.06. The van der Waals surface area contributed by atoms with Crippen molar-refractivity contribution in [3.05, 3.63) is 17.3 Å². The average molecular weight is 344 g/mol. The highest BCUT2D eigenvalue weighted by Gasteiger charge is 2.35. The van der Waals surface area contributed by atoms with Gasteiger partial charge in [-0.25, -0.2) is 0 Å². The van der Waals surface area contributed by atoms with E-state index in [0.29, 0.717) is 6.54 Å². The van der Waals surface area contributed by atoms with Crippen molar-refractivity contribution in [3.8, 4) is 5.88 Å². The third-order valence-corrected chi connectivity index (χ3v) is 3.45. The fourth-order valence-corrected chi connectivity index (χ4v) is 2.31. The first-order valence-electron chi connectivity index (χ1n) is 7.55. The predicted octanol–water partition coefficient (Wildman–Crippen LogP) is 2.59. The lowest BCUT2D eigenvalue weighted by molar-refractivity contribution is -0.136. The molecule has 0 saturated heterocycles. The van der Waals surface area contributed by atoms with Crippen LogP contribution in [0.25, 0.3) is 11.0 Å². The molecule has 0 saturated carbocycles. The largest absolute Gasteiger partial charge is 0.467 e. The van der Waals surface area contributed by atoms with E-state index >= 15 is 0 Å². The van der Waals surface area contributed by atoms with Crippen LogP contribution in [0.2, 0.25) is 0 Å². The number of aromatic nitrogens is 3. The number of nitrogens with zero attached hydrogens (tertiary/aromatic N) is 3. The van der Waals surface area contributed by atoms with Crippen molar-refractivity contribution in [2.45, 2.75) is 32.9 Å². The van der Waals surface area contributed by atoms with E-state index in [4.69, 9.17) is 4.74 Å². The van der Waals surface area contributed by atoms with E-state index in [-0.39, 0.29) is 22.6 Å². The molecule has 0 atom stereocenters. The monoisotopic (exact) mass is 344 g/mol. The molecule has 0 fully saturated rings. The molecule has 2 rings (SSSR count). The molecule has 0 unspecified atom stereocenters. The van der Waals surface area contributed by atoms with Crippen LogP contribution < -0.4 is 10.1 Å². The molecule has 0 aliphatic rings. The SMILES string of the molecule is CCCCNC(=O)COc1cc(C(F)(F)F)c2c(C)nn(C)c2n1. The molecule has 2 heterocycles. The molecule has 0 radical (unpaired) electrons. The zero-order valence-electron chi connectivity index (χ0n) is 13.7. The molecule has 132 valence electrons. The third kappa shape index (κ3) is 3.95. The lowest BCUT2D eigenvalue weighted by Gasteiger charge is -2.12. The fourth-order valence-electron chi connectivity index (χ4n) is 2.31. The summed E-state index contributed by atoms with van der Waals surface area (Å²) < 4.78 is 46.3. The lowest BCUT2D eigenvalue weighted by Crippen LogP contribution is -2.29. The lowest BCUT2D eigenvalue weighted by atomic mass is 10.1. The molecule has 0 bridgehead atoms. The van der Waals surface area contributed by atoms with Gasteiger partial charge in [-0.05, 0) is 13.3 Å². The molecule has 24 heavy (non-hydrogen) atoms. The van der Waals surface area contributed by atoms with Crippen molar-refractivity contribution >= 4 is 16.9 Å². The van der Waals surface area contributed by atoms with E-state index in [1.165, 1.54) is 18.7 Å². The maximum atomic E-state index is 13.3. The average Bonchev–Trinajstić information content (AvgIpc) is 2.78. The fraction of sp³-hybridized carbons (Fsp3) is 0.533. The van der Waals surface area contributed by atoms with Crippen LogP contribution >= 0.6 is 0 Å². The summed E-state index contributed by atoms with van der Waals surface area (Å²) in [5.74, 6) is -0.663. The van der Waals surface area contributed by atoms with Crippen molar-refractivity contribution in [1.29, 1.82) is 0 Å². The van der Waals surface area contributed by atoms with Gasteiger partial charge in [-0.3, -0.25) is 9.48 Å². The first-order valence-corrected chi connectivity index (χ1v) is 7.55. The van der Waals surface area contributed by atoms with Crippen LogP contribution in [0.15, 0.2) is 6.07 Å². The number of carbonyl (C=O) groups is 1. The summed E-state index contributed by atoms with van der Waals surface area (Å²) in [5, 5.41) is 6.52. The molecular weight excluding hydrogens is 325 g/mol. The van der Waals surface area contributed by atoms with Gasteiger partial charge in [-0.15, -0.1) is 0 Å². The minimum Gasteiger partial charge on any atom is -0.467 e. The minimum absolute atomic E-state index is 0.0590. The van der Waals surface area contributed by atoms with Crippen LogP contribution in [-0.2, 0) is 18.0 Å². The zero-order valence-corrected chi connectivity index (χ0v) is 13.7. The molecule has 2 aromatic rings. The van der Waals surface area contributed by atoms with Gasteiger partial charge in [0.15, 0.2) is 12.3 Å². The van der Waals surface area contributed by atoms with E-state index in [9.17, 15) is 18.0 Å². The first-order chi connectivity index (χ1) is 11.2. The molecule has 6 nitrogen and oxygen atoms in total. The van der Waals surface area contributed by atoms with Crippen molar-refractivity contribution in [2.75, 3.05) is 13.2 Å². The van der Waals surface area contributed by atoms with Crippen LogP contribution in [0.1, 0.15) is 31.0 Å². The third-order valence-electron chi connectivity index (χ3n) is 3.45. The van der Waals surface area contributed by atoms with Crippen LogP contribution in [0.5, 0.6) is 5.88 Å². The number of carbonyl (C=O) groups excluding carboxylic acids is 1. The van der Waals surface area contributed by atoms with Crippen LogP contribution in [0, 0.1) is 6.92 Å². The number of hydrogen-bond donors (Lipinski definition) is 1. The maximum Gasteiger partial charge on any atom is 0.417 e. The first kappa shape index (κ1) is 18.0. The van der Waals surface area contributed by atoms with Gasteiger partial charge in [0.1, 0.15) is 0 Å². The summed E-state index contributed by atoms with van der Waals surface area (Å²) in [4.78, 5) is 15.6. The summed E-state index contributed by atoms with van der Waals surface area (Å²) >= 11 is 0. The van der Waals surface area contributed by atoms with E-state index < -0.39 is 24.3 Å². The summed E-state index contributed by atoms with van der Waals surface area (Å²) in [5.41, 5.74) is -0.584. The van der Waals surface area contributed by atoms with Gasteiger partial charge in [0.05, 0.1) is 16.6 Å². The minimum atomic E-state index is -4.57. The van der Waals surface area contributed by atoms with Crippen molar-refractivity contribution in [2.24, 2.45) is 7.05 Å². The quantitative estimate of drug-likeness (QED) is 0.818. The molecule has 0 aliphatic carbocycles. The normalized spacial score (nSPS) is 11.8. The van der Waals surface area contributed by atoms with Crippen LogP contribution in [0.3, 0.4) is 0 Å². The van der Waals surface area contributed by atoms with E-state index in [0.717, 1.165) is 18.9 Å². The number of pyridine rings is 1. The topological polar surface area (TPSA) is 69.0 Å². The molecule has 1 amide bonds. The van der Waals surface area contributed by atoms with E-state index in [2.05, 4.69) is 15.4 Å². The Morgan fingerprint density at radius 3 is 2.75 bits per heavy atom. The van der Waals surface area contributed by atoms with Crippen LogP contribution in [-0.4, -0.2) is 33.8 Å². The second-order valence-electron chi connectivity index (χ2n) is 5.41. The smallest absolute Gasteiger partial charge is 0.417 e. The molecule has 0 aromatic carbocycles. The molecule has 0 spiro atoms. The summed E-state index contributed by atoms with van der Waals surface area (Å²) in [7, 11) is 1.50. The highest BCUT2D eigenvalue weighted by Crippen LogP contribution is 2.37.